The number of nitrogens with zero attached hydrogens (tertiary/aromatic N) is 1. The van der Waals surface area contributed by atoms with Gasteiger partial charge in [-0.05, 0) is 19.1 Å². The van der Waals surface area contributed by atoms with Crippen molar-refractivity contribution in [1.82, 2.24) is 4.98 Å². The van der Waals surface area contributed by atoms with Gasteiger partial charge in [-0.3, -0.25) is 0 Å². The Hall–Kier alpha value is -1.77. The van der Waals surface area contributed by atoms with Crippen LogP contribution in [0, 0.1) is 0 Å². The molecule has 3 N–H and O–H groups in total. The summed E-state index contributed by atoms with van der Waals surface area (Å²) in [6.07, 6.45) is 0. The molecule has 3 heteroatoms. The van der Waals surface area contributed by atoms with Gasteiger partial charge >= 0.3 is 0 Å². The van der Waals surface area contributed by atoms with E-state index in [4.69, 9.17) is 5.84 Å². The van der Waals surface area contributed by atoms with E-state index in [0.717, 1.165) is 16.9 Å². The van der Waals surface area contributed by atoms with Crippen LogP contribution in [0.2, 0.25) is 0 Å². The lowest BCUT2D eigenvalue weighted by atomic mass is 10.2. The molecule has 0 radical (unpaired) electrons. The number of aromatic nitrogens is 1. The van der Waals surface area contributed by atoms with Crippen LogP contribution in [0.4, 0.5) is 0 Å². The van der Waals surface area contributed by atoms with Crippen molar-refractivity contribution in [3.63, 3.8) is 0 Å². The molecular formula is C10H11N3. The summed E-state index contributed by atoms with van der Waals surface area (Å²) in [4.78, 5) is 3.24. The quantitative estimate of drug-likeness (QED) is 0.386. The molecule has 0 spiro atoms. The summed E-state index contributed by atoms with van der Waals surface area (Å²) in [6.45, 7) is 1.88. The summed E-state index contributed by atoms with van der Waals surface area (Å²) in [6, 6.07) is 10.1. The number of nitrogens with two attached hydrogens (primary N) is 1. The van der Waals surface area contributed by atoms with Gasteiger partial charge in [-0.2, -0.15) is 5.10 Å². The maximum Gasteiger partial charge on any atom is 0.0804 e. The van der Waals surface area contributed by atoms with Crippen LogP contribution in [0.25, 0.3) is 10.9 Å². The van der Waals surface area contributed by atoms with E-state index in [2.05, 4.69) is 16.2 Å². The Labute approximate surface area is 76.3 Å². The predicted molar refractivity (Wildman–Crippen MR) is 54.7 cm³/mol. The molecule has 0 aliphatic rings. The summed E-state index contributed by atoms with van der Waals surface area (Å²) in [5.74, 6) is 5.19. The van der Waals surface area contributed by atoms with E-state index in [1.165, 1.54) is 5.39 Å². The summed E-state index contributed by atoms with van der Waals surface area (Å²) in [5.41, 5.74) is 2.90. The smallest absolute Gasteiger partial charge is 0.0804 e. The summed E-state index contributed by atoms with van der Waals surface area (Å²) < 4.78 is 0. The van der Waals surface area contributed by atoms with E-state index in [0.29, 0.717) is 0 Å². The molecule has 13 heavy (non-hydrogen) atoms. The lowest BCUT2D eigenvalue weighted by molar-refractivity contribution is 1.22. The van der Waals surface area contributed by atoms with Crippen molar-refractivity contribution < 1.29 is 0 Å². The molecule has 1 aromatic carbocycles. The zero-order valence-corrected chi connectivity index (χ0v) is 7.41. The molecule has 2 rings (SSSR count). The van der Waals surface area contributed by atoms with E-state index in [1.54, 1.807) is 0 Å². The van der Waals surface area contributed by atoms with Gasteiger partial charge in [0.05, 0.1) is 11.4 Å². The molecule has 0 saturated heterocycles. The van der Waals surface area contributed by atoms with Crippen molar-refractivity contribution in [3.05, 3.63) is 36.0 Å². The Bertz CT molecular complexity index is 421. The molecule has 0 bridgehead atoms. The highest BCUT2D eigenvalue weighted by Gasteiger charge is 2.01. The standard InChI is InChI=1S/C10H11N3/c1-7(13-11)10-6-8-4-2-3-5-9(8)12-10/h2-6,12H,11H2,1H3/b13-7+. The predicted octanol–water partition coefficient (Wildman–Crippen LogP) is 1.85. The minimum Gasteiger partial charge on any atom is -0.353 e. The van der Waals surface area contributed by atoms with E-state index in [1.807, 2.05) is 31.2 Å². The largest absolute Gasteiger partial charge is 0.353 e. The van der Waals surface area contributed by atoms with Crippen LogP contribution >= 0.6 is 0 Å². The third kappa shape index (κ3) is 1.28. The fourth-order valence-electron chi connectivity index (χ4n) is 1.34. The van der Waals surface area contributed by atoms with Crippen molar-refractivity contribution in [2.75, 3.05) is 0 Å². The van der Waals surface area contributed by atoms with Crippen molar-refractivity contribution in [2.45, 2.75) is 6.92 Å². The van der Waals surface area contributed by atoms with Crippen LogP contribution < -0.4 is 5.84 Å². The molecule has 3 nitrogen and oxygen atoms in total. The number of nitrogens with one attached hydrogen (secondary N) is 1. The van der Waals surface area contributed by atoms with Gasteiger partial charge in [0.1, 0.15) is 0 Å². The summed E-state index contributed by atoms with van der Waals surface area (Å²) in [5, 5.41) is 4.82. The fourth-order valence-corrected chi connectivity index (χ4v) is 1.34. The number of hydrogen-bond donors (Lipinski definition) is 2. The monoisotopic (exact) mass is 173 g/mol. The first-order chi connectivity index (χ1) is 6.31. The third-order valence-corrected chi connectivity index (χ3v) is 2.11. The molecule has 0 aliphatic carbocycles. The molecule has 0 fully saturated rings. The number of hydrazone groups is 1. The van der Waals surface area contributed by atoms with Gasteiger partial charge in [-0.15, -0.1) is 0 Å². The first-order valence-electron chi connectivity index (χ1n) is 4.14. The fraction of sp³-hybridized carbons (Fsp3) is 0.100. The van der Waals surface area contributed by atoms with Crippen LogP contribution in [-0.4, -0.2) is 10.7 Å². The van der Waals surface area contributed by atoms with Gasteiger partial charge < -0.3 is 10.8 Å². The van der Waals surface area contributed by atoms with Crippen LogP contribution in [-0.2, 0) is 0 Å². The van der Waals surface area contributed by atoms with E-state index < -0.39 is 0 Å². The first-order valence-corrected chi connectivity index (χ1v) is 4.14. The number of hydrogen-bond acceptors (Lipinski definition) is 2. The topological polar surface area (TPSA) is 54.2 Å². The molecule has 66 valence electrons. The second-order valence-electron chi connectivity index (χ2n) is 2.98. The molecule has 0 unspecified atom stereocenters. The van der Waals surface area contributed by atoms with Crippen LogP contribution in [0.5, 0.6) is 0 Å². The number of H-pyrrole nitrogens is 1. The summed E-state index contributed by atoms with van der Waals surface area (Å²) >= 11 is 0. The van der Waals surface area contributed by atoms with Crippen molar-refractivity contribution >= 4 is 16.6 Å². The Balaban J connectivity index is 2.62. The van der Waals surface area contributed by atoms with Gasteiger partial charge in [-0.25, -0.2) is 0 Å². The van der Waals surface area contributed by atoms with Crippen molar-refractivity contribution in [2.24, 2.45) is 10.9 Å². The Morgan fingerprint density at radius 2 is 2.15 bits per heavy atom. The molecule has 1 aromatic heterocycles. The van der Waals surface area contributed by atoms with Gasteiger partial charge in [0.15, 0.2) is 0 Å². The minimum atomic E-state index is 0.816. The molecule has 2 aromatic rings. The molecular weight excluding hydrogens is 162 g/mol. The van der Waals surface area contributed by atoms with Crippen LogP contribution in [0.3, 0.4) is 0 Å². The Morgan fingerprint density at radius 1 is 1.38 bits per heavy atom. The average Bonchev–Trinajstić information content (AvgIpc) is 2.59. The number of para-hydroxylation sites is 1. The molecule has 0 aliphatic heterocycles. The highest BCUT2D eigenvalue weighted by Crippen LogP contribution is 2.14. The van der Waals surface area contributed by atoms with Gasteiger partial charge in [0, 0.05) is 10.9 Å². The lowest BCUT2D eigenvalue weighted by Gasteiger charge is -1.90. The highest BCUT2D eigenvalue weighted by molar-refractivity contribution is 6.01. The number of benzene rings is 1. The Kier molecular flexibility index (Phi) is 1.77. The summed E-state index contributed by atoms with van der Waals surface area (Å²) in [7, 11) is 0. The zero-order chi connectivity index (χ0) is 9.26. The molecule has 0 amide bonds. The first kappa shape index (κ1) is 7.86. The van der Waals surface area contributed by atoms with Gasteiger partial charge in [0.2, 0.25) is 0 Å². The maximum atomic E-state index is 5.19. The zero-order valence-electron chi connectivity index (χ0n) is 7.41. The second-order valence-corrected chi connectivity index (χ2v) is 2.98. The van der Waals surface area contributed by atoms with Crippen molar-refractivity contribution in [1.29, 1.82) is 0 Å². The van der Waals surface area contributed by atoms with Gasteiger partial charge in [0.25, 0.3) is 0 Å². The molecule has 1 heterocycles. The molecule has 0 atom stereocenters. The number of fused-ring (bicyclic) bond motifs is 1. The molecule has 0 saturated carbocycles. The number of rotatable bonds is 1. The third-order valence-electron chi connectivity index (χ3n) is 2.11. The van der Waals surface area contributed by atoms with E-state index in [-0.39, 0.29) is 0 Å². The van der Waals surface area contributed by atoms with E-state index >= 15 is 0 Å². The van der Waals surface area contributed by atoms with Crippen LogP contribution in [0.1, 0.15) is 12.6 Å². The number of aromatic amines is 1. The van der Waals surface area contributed by atoms with Gasteiger partial charge in [-0.1, -0.05) is 18.2 Å². The van der Waals surface area contributed by atoms with Crippen LogP contribution in [0.15, 0.2) is 35.4 Å². The normalized spacial score (nSPS) is 12.2. The maximum absolute atomic E-state index is 5.19. The highest BCUT2D eigenvalue weighted by atomic mass is 15.1. The SMILES string of the molecule is C/C(=N\N)c1cc2ccccc2[nH]1. The minimum absolute atomic E-state index is 0.816. The second kappa shape index (κ2) is 2.94. The lowest BCUT2D eigenvalue weighted by Crippen LogP contribution is -1.98. The van der Waals surface area contributed by atoms with E-state index in [9.17, 15) is 0 Å². The Morgan fingerprint density at radius 3 is 2.85 bits per heavy atom. The average molecular weight is 173 g/mol. The van der Waals surface area contributed by atoms with Crippen molar-refractivity contribution in [3.8, 4) is 0 Å².